The first-order valence-corrected chi connectivity index (χ1v) is 5.10. The molecule has 0 radical (unpaired) electrons. The fraction of sp³-hybridized carbons (Fsp3) is 0.400. The van der Waals surface area contributed by atoms with Crippen LogP contribution in [-0.4, -0.2) is 14.7 Å². The van der Waals surface area contributed by atoms with Gasteiger partial charge in [0, 0.05) is 16.0 Å². The Labute approximate surface area is 82.5 Å². The summed E-state index contributed by atoms with van der Waals surface area (Å²) in [7, 11) is 0. The standard InChI is InChI=1S/C10H12N2S/c1-7-8-4-5-10(2,3)13-9(8)12-6-11-7/h4-6H,1-3H3. The molecule has 1 aromatic heterocycles. The first-order chi connectivity index (χ1) is 6.08. The fourth-order valence-electron chi connectivity index (χ4n) is 1.30. The first kappa shape index (κ1) is 8.75. The minimum Gasteiger partial charge on any atom is -0.241 e. The molecule has 3 heteroatoms. The summed E-state index contributed by atoms with van der Waals surface area (Å²) in [6, 6.07) is 0. The average Bonchev–Trinajstić information content (AvgIpc) is 2.02. The molecule has 13 heavy (non-hydrogen) atoms. The van der Waals surface area contributed by atoms with Crippen LogP contribution in [0, 0.1) is 6.92 Å². The van der Waals surface area contributed by atoms with Gasteiger partial charge in [0.2, 0.25) is 0 Å². The molecule has 0 unspecified atom stereocenters. The van der Waals surface area contributed by atoms with Crippen LogP contribution in [0.1, 0.15) is 25.1 Å². The zero-order valence-electron chi connectivity index (χ0n) is 8.03. The number of thioether (sulfide) groups is 1. The van der Waals surface area contributed by atoms with E-state index in [9.17, 15) is 0 Å². The lowest BCUT2D eigenvalue weighted by atomic mass is 10.1. The Balaban J connectivity index is 2.53. The third-order valence-corrected chi connectivity index (χ3v) is 3.24. The minimum absolute atomic E-state index is 0.161. The molecule has 0 fully saturated rings. The Morgan fingerprint density at radius 2 is 2.08 bits per heavy atom. The van der Waals surface area contributed by atoms with Crippen molar-refractivity contribution in [2.24, 2.45) is 0 Å². The number of nitrogens with zero attached hydrogens (tertiary/aromatic N) is 2. The third kappa shape index (κ3) is 1.61. The van der Waals surface area contributed by atoms with E-state index in [-0.39, 0.29) is 4.75 Å². The van der Waals surface area contributed by atoms with Crippen molar-refractivity contribution in [2.75, 3.05) is 0 Å². The number of aromatic nitrogens is 2. The molecule has 68 valence electrons. The quantitative estimate of drug-likeness (QED) is 0.591. The van der Waals surface area contributed by atoms with Gasteiger partial charge in [-0.05, 0) is 20.8 Å². The van der Waals surface area contributed by atoms with E-state index in [4.69, 9.17) is 0 Å². The van der Waals surface area contributed by atoms with Gasteiger partial charge in [-0.25, -0.2) is 9.97 Å². The van der Waals surface area contributed by atoms with Gasteiger partial charge in [-0.3, -0.25) is 0 Å². The van der Waals surface area contributed by atoms with Gasteiger partial charge in [-0.2, -0.15) is 0 Å². The molecular formula is C10H12N2S. The maximum absolute atomic E-state index is 4.28. The van der Waals surface area contributed by atoms with Gasteiger partial charge in [0.1, 0.15) is 11.4 Å². The van der Waals surface area contributed by atoms with Gasteiger partial charge in [0.05, 0.1) is 0 Å². The highest BCUT2D eigenvalue weighted by atomic mass is 32.2. The second-order valence-electron chi connectivity index (χ2n) is 3.72. The molecule has 0 N–H and O–H groups in total. The Morgan fingerprint density at radius 1 is 1.31 bits per heavy atom. The summed E-state index contributed by atoms with van der Waals surface area (Å²) in [5.74, 6) is 0. The second kappa shape index (κ2) is 2.84. The fourth-order valence-corrected chi connectivity index (χ4v) is 2.36. The Bertz CT molecular complexity index is 369. The highest BCUT2D eigenvalue weighted by Crippen LogP contribution is 2.39. The number of aryl methyl sites for hydroxylation is 1. The largest absolute Gasteiger partial charge is 0.241 e. The predicted octanol–water partition coefficient (Wildman–Crippen LogP) is 2.68. The lowest BCUT2D eigenvalue weighted by Crippen LogP contribution is -2.14. The normalized spacial score (nSPS) is 18.4. The van der Waals surface area contributed by atoms with Crippen molar-refractivity contribution >= 4 is 17.8 Å². The molecule has 0 spiro atoms. The van der Waals surface area contributed by atoms with Gasteiger partial charge >= 0.3 is 0 Å². The van der Waals surface area contributed by atoms with Crippen molar-refractivity contribution in [3.8, 4) is 0 Å². The van der Waals surface area contributed by atoms with E-state index < -0.39 is 0 Å². The van der Waals surface area contributed by atoms with E-state index in [1.807, 2.05) is 6.92 Å². The molecule has 1 aromatic rings. The maximum Gasteiger partial charge on any atom is 0.117 e. The van der Waals surface area contributed by atoms with Crippen LogP contribution in [0.25, 0.3) is 6.08 Å². The van der Waals surface area contributed by atoms with E-state index in [1.165, 1.54) is 5.56 Å². The molecule has 2 rings (SSSR count). The number of fused-ring (bicyclic) bond motifs is 1. The van der Waals surface area contributed by atoms with E-state index in [1.54, 1.807) is 18.1 Å². The van der Waals surface area contributed by atoms with Crippen LogP contribution in [0.3, 0.4) is 0 Å². The highest BCUT2D eigenvalue weighted by Gasteiger charge is 2.23. The van der Waals surface area contributed by atoms with Crippen LogP contribution in [0.2, 0.25) is 0 Å². The molecule has 0 amide bonds. The smallest absolute Gasteiger partial charge is 0.117 e. The summed E-state index contributed by atoms with van der Waals surface area (Å²) in [6.45, 7) is 6.40. The molecule has 2 nitrogen and oxygen atoms in total. The maximum atomic E-state index is 4.28. The summed E-state index contributed by atoms with van der Waals surface area (Å²) in [5.41, 5.74) is 2.23. The van der Waals surface area contributed by atoms with E-state index in [0.717, 1.165) is 10.7 Å². The van der Waals surface area contributed by atoms with Crippen LogP contribution in [0.4, 0.5) is 0 Å². The Morgan fingerprint density at radius 3 is 2.85 bits per heavy atom. The van der Waals surface area contributed by atoms with Gasteiger partial charge in [0.15, 0.2) is 0 Å². The lowest BCUT2D eigenvalue weighted by molar-refractivity contribution is 0.876. The average molecular weight is 192 g/mol. The molecule has 0 aromatic carbocycles. The summed E-state index contributed by atoms with van der Waals surface area (Å²) < 4.78 is 0.161. The number of hydrogen-bond donors (Lipinski definition) is 0. The van der Waals surface area contributed by atoms with E-state index >= 15 is 0 Å². The molecule has 0 saturated heterocycles. The monoisotopic (exact) mass is 192 g/mol. The molecule has 1 aliphatic rings. The van der Waals surface area contributed by atoms with Crippen molar-refractivity contribution in [1.82, 2.24) is 9.97 Å². The van der Waals surface area contributed by atoms with Crippen LogP contribution in [-0.2, 0) is 0 Å². The van der Waals surface area contributed by atoms with E-state index in [0.29, 0.717) is 0 Å². The highest BCUT2D eigenvalue weighted by molar-refractivity contribution is 8.00. The van der Waals surface area contributed by atoms with Crippen LogP contribution in [0.15, 0.2) is 17.4 Å². The Hall–Kier alpha value is -0.830. The summed E-state index contributed by atoms with van der Waals surface area (Å²) in [5, 5.41) is 1.10. The topological polar surface area (TPSA) is 25.8 Å². The van der Waals surface area contributed by atoms with Crippen molar-refractivity contribution in [3.63, 3.8) is 0 Å². The lowest BCUT2D eigenvalue weighted by Gasteiger charge is -2.24. The zero-order chi connectivity index (χ0) is 9.47. The molecule has 2 heterocycles. The predicted molar refractivity (Wildman–Crippen MR) is 55.7 cm³/mol. The van der Waals surface area contributed by atoms with Crippen molar-refractivity contribution in [1.29, 1.82) is 0 Å². The van der Waals surface area contributed by atoms with Crippen molar-refractivity contribution in [3.05, 3.63) is 23.7 Å². The molecule has 0 atom stereocenters. The van der Waals surface area contributed by atoms with Crippen LogP contribution >= 0.6 is 11.8 Å². The SMILES string of the molecule is Cc1ncnc2c1C=CC(C)(C)S2. The van der Waals surface area contributed by atoms with Crippen molar-refractivity contribution in [2.45, 2.75) is 30.5 Å². The zero-order valence-corrected chi connectivity index (χ0v) is 8.85. The van der Waals surface area contributed by atoms with Crippen LogP contribution < -0.4 is 0 Å². The first-order valence-electron chi connectivity index (χ1n) is 4.28. The molecule has 0 bridgehead atoms. The molecular weight excluding hydrogens is 180 g/mol. The summed E-state index contributed by atoms with van der Waals surface area (Å²) >= 11 is 1.79. The number of hydrogen-bond acceptors (Lipinski definition) is 3. The number of rotatable bonds is 0. The van der Waals surface area contributed by atoms with Crippen LogP contribution in [0.5, 0.6) is 0 Å². The summed E-state index contributed by atoms with van der Waals surface area (Å²) in [4.78, 5) is 8.44. The molecule has 0 aliphatic carbocycles. The molecule has 0 saturated carbocycles. The minimum atomic E-state index is 0.161. The van der Waals surface area contributed by atoms with Gasteiger partial charge < -0.3 is 0 Å². The second-order valence-corrected chi connectivity index (χ2v) is 5.36. The molecule has 1 aliphatic heterocycles. The van der Waals surface area contributed by atoms with Crippen molar-refractivity contribution < 1.29 is 0 Å². The van der Waals surface area contributed by atoms with E-state index in [2.05, 4.69) is 36.0 Å². The summed E-state index contributed by atoms with van der Waals surface area (Å²) in [6.07, 6.45) is 5.97. The van der Waals surface area contributed by atoms with Gasteiger partial charge in [-0.15, -0.1) is 0 Å². The van der Waals surface area contributed by atoms with Gasteiger partial charge in [0.25, 0.3) is 0 Å². The third-order valence-electron chi connectivity index (χ3n) is 2.06. The van der Waals surface area contributed by atoms with Gasteiger partial charge in [-0.1, -0.05) is 23.9 Å². The Kier molecular flexibility index (Phi) is 1.91.